The Morgan fingerprint density at radius 3 is 2.72 bits per heavy atom. The van der Waals surface area contributed by atoms with Gasteiger partial charge in [0.25, 0.3) is 0 Å². The summed E-state index contributed by atoms with van der Waals surface area (Å²) in [6.07, 6.45) is 3.07. The van der Waals surface area contributed by atoms with E-state index in [0.717, 1.165) is 30.5 Å². The quantitative estimate of drug-likeness (QED) is 0.249. The third-order valence-electron chi connectivity index (χ3n) is 6.87. The topological polar surface area (TPSA) is 114 Å². The van der Waals surface area contributed by atoms with E-state index in [1.54, 1.807) is 7.11 Å². The Kier molecular flexibility index (Phi) is 12.3. The van der Waals surface area contributed by atoms with E-state index < -0.39 is 17.6 Å². The van der Waals surface area contributed by atoms with E-state index in [-0.39, 0.29) is 30.4 Å². The molecule has 1 unspecified atom stereocenters. The van der Waals surface area contributed by atoms with E-state index >= 15 is 0 Å². The van der Waals surface area contributed by atoms with Gasteiger partial charge in [0.15, 0.2) is 0 Å². The van der Waals surface area contributed by atoms with Gasteiger partial charge in [-0.25, -0.2) is 0 Å². The van der Waals surface area contributed by atoms with Crippen molar-refractivity contribution in [1.29, 1.82) is 0 Å². The Hall–Kier alpha value is -2.00. The van der Waals surface area contributed by atoms with Crippen LogP contribution in [0, 0.1) is 17.3 Å². The normalized spacial score (nSPS) is 18.3. The molecule has 0 spiro atoms. The molecule has 0 saturated carbocycles. The zero-order valence-electron chi connectivity index (χ0n) is 22.8. The average Bonchev–Trinajstić information content (AvgIpc) is 2.83. The number of para-hydroxylation sites is 1. The number of fused-ring (bicyclic) bond motifs is 1. The van der Waals surface area contributed by atoms with Crippen molar-refractivity contribution < 1.29 is 24.2 Å². The number of carbonyl (C=O) groups excluding carboxylic acids is 2. The van der Waals surface area contributed by atoms with Gasteiger partial charge in [-0.3, -0.25) is 9.59 Å². The van der Waals surface area contributed by atoms with Crippen LogP contribution in [-0.4, -0.2) is 62.7 Å². The van der Waals surface area contributed by atoms with Crippen LogP contribution in [-0.2, 0) is 25.5 Å². The van der Waals surface area contributed by atoms with Crippen molar-refractivity contribution in [3.63, 3.8) is 0 Å². The summed E-state index contributed by atoms with van der Waals surface area (Å²) in [6.45, 7) is 9.90. The molecule has 1 aliphatic heterocycles. The molecule has 8 nitrogen and oxygen atoms in total. The first kappa shape index (κ1) is 30.2. The second-order valence-corrected chi connectivity index (χ2v) is 11.0. The maximum atomic E-state index is 13.5. The first-order chi connectivity index (χ1) is 17.1. The second kappa shape index (κ2) is 14.7. The molecule has 0 saturated heterocycles. The molecule has 2 rings (SSSR count). The zero-order valence-corrected chi connectivity index (χ0v) is 22.8. The molecule has 4 N–H and O–H groups in total. The van der Waals surface area contributed by atoms with Gasteiger partial charge in [-0.15, -0.1) is 0 Å². The van der Waals surface area contributed by atoms with Gasteiger partial charge in [0.05, 0.1) is 12.7 Å². The van der Waals surface area contributed by atoms with E-state index in [2.05, 4.69) is 18.3 Å². The summed E-state index contributed by atoms with van der Waals surface area (Å²) in [4.78, 5) is 27.6. The van der Waals surface area contributed by atoms with Gasteiger partial charge in [0.1, 0.15) is 6.79 Å². The fraction of sp³-hybridized carbons (Fsp3) is 0.714. The van der Waals surface area contributed by atoms with Crippen molar-refractivity contribution in [2.45, 2.75) is 78.4 Å². The summed E-state index contributed by atoms with van der Waals surface area (Å²) in [7, 11) is 1.60. The van der Waals surface area contributed by atoms with E-state index in [1.807, 2.05) is 43.9 Å². The third-order valence-corrected chi connectivity index (χ3v) is 6.87. The van der Waals surface area contributed by atoms with Gasteiger partial charge in [0, 0.05) is 50.2 Å². The number of amides is 2. The Labute approximate surface area is 216 Å². The number of rotatable bonds is 15. The van der Waals surface area contributed by atoms with Crippen LogP contribution in [0.5, 0.6) is 0 Å². The summed E-state index contributed by atoms with van der Waals surface area (Å²) < 4.78 is 10.6. The lowest BCUT2D eigenvalue weighted by Gasteiger charge is -2.37. The monoisotopic (exact) mass is 505 g/mol. The van der Waals surface area contributed by atoms with Crippen LogP contribution in [0.3, 0.4) is 0 Å². The maximum Gasteiger partial charge on any atom is 0.227 e. The van der Waals surface area contributed by atoms with E-state index in [9.17, 15) is 14.7 Å². The smallest absolute Gasteiger partial charge is 0.227 e. The summed E-state index contributed by atoms with van der Waals surface area (Å²) in [6, 6.07) is 7.49. The van der Waals surface area contributed by atoms with E-state index in [0.29, 0.717) is 39.0 Å². The average molecular weight is 506 g/mol. The zero-order chi connectivity index (χ0) is 26.7. The number of aliphatic hydroxyl groups is 1. The van der Waals surface area contributed by atoms with Crippen molar-refractivity contribution in [2.75, 3.05) is 38.5 Å². The highest BCUT2D eigenvalue weighted by Crippen LogP contribution is 2.34. The van der Waals surface area contributed by atoms with Crippen LogP contribution in [0.25, 0.3) is 0 Å². The minimum Gasteiger partial charge on any atom is -0.391 e. The number of nitrogens with one attached hydrogen (secondary N) is 1. The maximum absolute atomic E-state index is 13.5. The van der Waals surface area contributed by atoms with Gasteiger partial charge in [-0.05, 0) is 42.7 Å². The number of hydrogen-bond acceptors (Lipinski definition) is 6. The van der Waals surface area contributed by atoms with Crippen LogP contribution in [0.4, 0.5) is 5.69 Å². The Bertz CT molecular complexity index is 831. The lowest BCUT2D eigenvalue weighted by atomic mass is 9.79. The molecule has 8 heteroatoms. The highest BCUT2D eigenvalue weighted by Gasteiger charge is 2.34. The van der Waals surface area contributed by atoms with Crippen LogP contribution in [0.1, 0.15) is 65.4 Å². The van der Waals surface area contributed by atoms with Gasteiger partial charge in [-0.1, -0.05) is 52.3 Å². The number of carbonyl (C=O) groups is 2. The molecule has 1 aliphatic rings. The van der Waals surface area contributed by atoms with Crippen molar-refractivity contribution in [3.8, 4) is 0 Å². The van der Waals surface area contributed by atoms with E-state index in [1.165, 1.54) is 0 Å². The molecule has 0 bridgehead atoms. The minimum absolute atomic E-state index is 0.0363. The predicted octanol–water partition coefficient (Wildman–Crippen LogP) is 3.25. The first-order valence-electron chi connectivity index (χ1n) is 13.2. The third kappa shape index (κ3) is 9.47. The Balaban J connectivity index is 1.96. The van der Waals surface area contributed by atoms with E-state index in [4.69, 9.17) is 15.2 Å². The molecule has 2 amide bonds. The molecule has 4 atom stereocenters. The van der Waals surface area contributed by atoms with Gasteiger partial charge < -0.3 is 30.5 Å². The molecule has 36 heavy (non-hydrogen) atoms. The molecule has 0 aliphatic carbocycles. The van der Waals surface area contributed by atoms with Crippen molar-refractivity contribution in [1.82, 2.24) is 5.32 Å². The lowest BCUT2D eigenvalue weighted by Crippen LogP contribution is -2.45. The summed E-state index contributed by atoms with van der Waals surface area (Å²) in [5.74, 6) is -0.155. The number of methoxy groups -OCH3 is 1. The molecule has 1 aromatic rings. The molecular weight excluding hydrogens is 458 g/mol. The fourth-order valence-electron chi connectivity index (χ4n) is 4.88. The summed E-state index contributed by atoms with van der Waals surface area (Å²) >= 11 is 0. The number of hydrogen-bond donors (Lipinski definition) is 3. The van der Waals surface area contributed by atoms with Gasteiger partial charge in [-0.2, -0.15) is 0 Å². The number of aliphatic hydroxyl groups excluding tert-OH is 1. The predicted molar refractivity (Wildman–Crippen MR) is 143 cm³/mol. The summed E-state index contributed by atoms with van der Waals surface area (Å²) in [5, 5.41) is 13.6. The number of ether oxygens (including phenoxy) is 2. The molecule has 0 aromatic heterocycles. The number of anilines is 1. The number of nitrogens with two attached hydrogens (primary N) is 1. The number of unbranched alkanes of at least 4 members (excludes halogenated alkanes) is 1. The van der Waals surface area contributed by atoms with Crippen molar-refractivity contribution >= 4 is 17.5 Å². The molecular formula is C28H47N3O5. The highest BCUT2D eigenvalue weighted by molar-refractivity contribution is 5.95. The van der Waals surface area contributed by atoms with Crippen LogP contribution in [0.2, 0.25) is 0 Å². The highest BCUT2D eigenvalue weighted by atomic mass is 16.7. The molecule has 204 valence electrons. The molecule has 0 fully saturated rings. The van der Waals surface area contributed by atoms with Crippen LogP contribution >= 0.6 is 0 Å². The van der Waals surface area contributed by atoms with Crippen LogP contribution in [0.15, 0.2) is 24.3 Å². The number of nitrogens with zero attached hydrogens (tertiary/aromatic N) is 1. The SMILES string of the molecule is CCCCNC(=O)[C@H](C)C[C@H](O)[C@@H](N)CC(C)(C)CC(=O)N1CC(COCOC)Cc2ccccc21. The first-order valence-corrected chi connectivity index (χ1v) is 13.2. The number of benzene rings is 1. The minimum atomic E-state index is -0.815. The Morgan fingerprint density at radius 2 is 2.03 bits per heavy atom. The van der Waals surface area contributed by atoms with Crippen molar-refractivity contribution in [3.05, 3.63) is 29.8 Å². The molecule has 1 heterocycles. The summed E-state index contributed by atoms with van der Waals surface area (Å²) in [5.41, 5.74) is 8.03. The van der Waals surface area contributed by atoms with Crippen molar-refractivity contribution in [2.24, 2.45) is 23.0 Å². The fourth-order valence-corrected chi connectivity index (χ4v) is 4.88. The largest absolute Gasteiger partial charge is 0.391 e. The standard InChI is InChI=1S/C28H47N3O5/c1-6-7-12-30-27(34)20(2)13-25(32)23(29)15-28(3,4)16-26(33)31-17-21(18-36-19-35-5)14-22-10-8-9-11-24(22)31/h8-11,20-21,23,25,32H,6-7,12-19,29H2,1-5H3,(H,30,34)/t20-,21?,23+,25+/m1/s1. The second-order valence-electron chi connectivity index (χ2n) is 11.0. The molecule has 0 radical (unpaired) electrons. The Morgan fingerprint density at radius 1 is 1.31 bits per heavy atom. The van der Waals surface area contributed by atoms with Gasteiger partial charge in [0.2, 0.25) is 11.8 Å². The van der Waals surface area contributed by atoms with Gasteiger partial charge >= 0.3 is 0 Å². The van der Waals surface area contributed by atoms with Crippen LogP contribution < -0.4 is 16.0 Å². The lowest BCUT2D eigenvalue weighted by molar-refractivity contribution is -0.125. The molecule has 1 aromatic carbocycles.